The van der Waals surface area contributed by atoms with Crippen molar-refractivity contribution in [2.45, 2.75) is 0 Å². The molecule has 0 aliphatic rings. The predicted octanol–water partition coefficient (Wildman–Crippen LogP) is -9.26. The van der Waals surface area contributed by atoms with Gasteiger partial charge >= 0.3 is 124 Å². The van der Waals surface area contributed by atoms with E-state index in [4.69, 9.17) is 90.4 Å². The Morgan fingerprint density at radius 2 is 0.528 bits per heavy atom. The SMILES string of the molecule is O=C(O)[O][Al]([O]C(=O)O)[O]C(=O)O.O=C([O-])O.O=C([O-])O.O=C([O-])O.O=C([O-])O.O=C([O-])O.[Ca+2].[Mg+2].[Na+]. The average molecular weight is 602 g/mol. The van der Waals surface area contributed by atoms with E-state index in [0.29, 0.717) is 0 Å². The third kappa shape index (κ3) is 317. The van der Waals surface area contributed by atoms with Crippen molar-refractivity contribution in [3.05, 3.63) is 0 Å². The summed E-state index contributed by atoms with van der Waals surface area (Å²) in [7, 11) is 0. The summed E-state index contributed by atoms with van der Waals surface area (Å²) >= 11 is -3.71. The Kier molecular flexibility index (Phi) is 70.3. The van der Waals surface area contributed by atoms with E-state index in [0.717, 1.165) is 0 Å². The summed E-state index contributed by atoms with van der Waals surface area (Å²) in [5, 5.41) is 100. The molecule has 0 aromatic heterocycles. The van der Waals surface area contributed by atoms with Crippen molar-refractivity contribution in [1.82, 2.24) is 0 Å². The second-order valence-corrected chi connectivity index (χ2v) is 4.05. The zero-order valence-corrected chi connectivity index (χ0v) is 23.9. The maximum absolute atomic E-state index is 9.84. The van der Waals surface area contributed by atoms with Gasteiger partial charge in [-0.25, -0.2) is 14.4 Å². The third-order valence-electron chi connectivity index (χ3n) is 0.591. The molecular weight excluding hydrogens is 594 g/mol. The van der Waals surface area contributed by atoms with E-state index in [1.165, 1.54) is 0 Å². The maximum atomic E-state index is 9.84. The molecule has 0 aromatic rings. The zero-order valence-electron chi connectivity index (χ0n) is 17.1. The van der Waals surface area contributed by atoms with Gasteiger partial charge in [0.2, 0.25) is 30.8 Å². The first kappa shape index (κ1) is 59.1. The Morgan fingerprint density at radius 3 is 0.583 bits per heavy atom. The van der Waals surface area contributed by atoms with Gasteiger partial charge in [0.25, 0.3) is 0 Å². The second-order valence-electron chi connectivity index (χ2n) is 2.77. The molecule has 0 atom stereocenters. The van der Waals surface area contributed by atoms with E-state index in [1.807, 2.05) is 0 Å². The van der Waals surface area contributed by atoms with Crippen LogP contribution in [-0.4, -0.2) is 166 Å². The average Bonchev–Trinajstić information content (AvgIpc) is 2.41. The topological polar surface area (TPSA) is 441 Å². The van der Waals surface area contributed by atoms with E-state index < -0.39 is 64.4 Å². The Labute approximate surface area is 268 Å². The van der Waals surface area contributed by atoms with Crippen molar-refractivity contribution < 1.29 is 146 Å². The molecule has 36 heavy (non-hydrogen) atoms. The molecule has 0 saturated heterocycles. The molecule has 0 bridgehead atoms. The van der Waals surface area contributed by atoms with Crippen molar-refractivity contribution in [2.75, 3.05) is 0 Å². The molecule has 0 fully saturated rings. The Balaban J connectivity index is -0.0000000382. The van der Waals surface area contributed by atoms with Gasteiger partial charge in [0.1, 0.15) is 0 Å². The smallest absolute Gasteiger partial charge is 0.565 e. The Morgan fingerprint density at radius 1 is 0.444 bits per heavy atom. The van der Waals surface area contributed by atoms with Crippen molar-refractivity contribution in [1.29, 1.82) is 0 Å². The van der Waals surface area contributed by atoms with Crippen LogP contribution in [0.2, 0.25) is 0 Å². The predicted molar refractivity (Wildman–Crippen MR) is 84.7 cm³/mol. The molecular formula is C8H8AlCaMgNaO24. The molecule has 0 aliphatic heterocycles. The van der Waals surface area contributed by atoms with Crippen LogP contribution in [-0.2, 0) is 11.4 Å². The summed E-state index contributed by atoms with van der Waals surface area (Å²) in [6, 6.07) is 0. The monoisotopic (exact) mass is 602 g/mol. The quantitative estimate of drug-likeness (QED) is 0.139. The first-order chi connectivity index (χ1) is 14.6. The van der Waals surface area contributed by atoms with Crippen molar-refractivity contribution >= 4 is 125 Å². The summed E-state index contributed by atoms with van der Waals surface area (Å²) in [6.45, 7) is 0. The van der Waals surface area contributed by atoms with E-state index >= 15 is 0 Å². The summed E-state index contributed by atoms with van der Waals surface area (Å²) in [5.74, 6) is 0. The van der Waals surface area contributed by atoms with Crippen LogP contribution in [0.4, 0.5) is 38.4 Å². The van der Waals surface area contributed by atoms with Crippen LogP contribution >= 0.6 is 0 Å². The minimum absolute atomic E-state index is 0. The summed E-state index contributed by atoms with van der Waals surface area (Å²) < 4.78 is 11.2. The van der Waals surface area contributed by atoms with E-state index in [1.54, 1.807) is 0 Å². The Bertz CT molecular complexity index is 514. The largest absolute Gasteiger partial charge is 2.00 e. The van der Waals surface area contributed by atoms with Gasteiger partial charge < -0.3 is 102 Å². The van der Waals surface area contributed by atoms with Gasteiger partial charge in [-0.2, -0.15) is 0 Å². The van der Waals surface area contributed by atoms with Crippen LogP contribution in [0, 0.1) is 0 Å². The molecule has 192 valence electrons. The van der Waals surface area contributed by atoms with Crippen LogP contribution in [0.5, 0.6) is 0 Å². The normalized spacial score (nSPS) is 6.33. The molecule has 0 amide bonds. The fraction of sp³-hybridized carbons (Fsp3) is 0. The van der Waals surface area contributed by atoms with Gasteiger partial charge in [-0.3, -0.25) is 0 Å². The number of carbonyl (C=O) groups is 8. The minimum atomic E-state index is -3.71. The van der Waals surface area contributed by atoms with Gasteiger partial charge in [-0.15, -0.1) is 0 Å². The van der Waals surface area contributed by atoms with Crippen molar-refractivity contribution in [3.8, 4) is 0 Å². The number of rotatable bonds is 3. The Hall–Kier alpha value is -2.28. The summed E-state index contributed by atoms with van der Waals surface area (Å²) in [6.07, 6.45) is -16.0. The molecule has 0 rings (SSSR count). The van der Waals surface area contributed by atoms with Gasteiger partial charge in [0.15, 0.2) is 0 Å². The summed E-state index contributed by atoms with van der Waals surface area (Å²) in [4.78, 5) is 71.7. The fourth-order valence-corrected chi connectivity index (χ4v) is 0.957. The first-order valence-electron chi connectivity index (χ1n) is 5.76. The van der Waals surface area contributed by atoms with Gasteiger partial charge in [-0.05, 0) is 0 Å². The van der Waals surface area contributed by atoms with Crippen LogP contribution < -0.4 is 55.1 Å². The van der Waals surface area contributed by atoms with Crippen LogP contribution in [0.3, 0.4) is 0 Å². The standard InChI is InChI=1S/8CH2O3.Al.Ca.Mg.Na/c8*2-1(3)4;;;;/h8*(H2,2,3,4);;;;/q;;;;;;;;+3;2*+2;+1/p-8. The molecule has 0 spiro atoms. The summed E-state index contributed by atoms with van der Waals surface area (Å²) in [5.41, 5.74) is 0. The number of carboxylic acid groups (broad SMARTS) is 13. The third-order valence-corrected chi connectivity index (χ3v) is 1.77. The number of hydrogen-bond acceptors (Lipinski definition) is 16. The second kappa shape index (κ2) is 42.8. The van der Waals surface area contributed by atoms with Gasteiger partial charge in [-0.1, -0.05) is 0 Å². The molecule has 0 heterocycles. The van der Waals surface area contributed by atoms with Gasteiger partial charge in [0, 0.05) is 0 Å². The molecule has 0 radical (unpaired) electrons. The molecule has 0 aromatic carbocycles. The van der Waals surface area contributed by atoms with E-state index in [-0.39, 0.29) is 90.3 Å². The van der Waals surface area contributed by atoms with Crippen LogP contribution in [0.25, 0.3) is 0 Å². The first-order valence-corrected chi connectivity index (χ1v) is 7.18. The molecule has 0 aliphatic carbocycles. The van der Waals surface area contributed by atoms with Crippen LogP contribution in [0.1, 0.15) is 0 Å². The fourth-order valence-electron chi connectivity index (χ4n) is 0.319. The molecule has 0 saturated carbocycles. The zero-order chi connectivity index (χ0) is 28.3. The van der Waals surface area contributed by atoms with E-state index in [9.17, 15) is 14.4 Å². The molecule has 24 nitrogen and oxygen atoms in total. The van der Waals surface area contributed by atoms with Gasteiger partial charge in [0.05, 0.1) is 0 Å². The number of hydrogen-bond donors (Lipinski definition) is 8. The molecule has 8 N–H and O–H groups in total. The van der Waals surface area contributed by atoms with Crippen LogP contribution in [0.15, 0.2) is 0 Å². The minimum Gasteiger partial charge on any atom is -0.565 e. The van der Waals surface area contributed by atoms with Crippen molar-refractivity contribution in [3.63, 3.8) is 0 Å². The molecule has 28 heteroatoms. The molecule has 0 unspecified atom stereocenters. The maximum Gasteiger partial charge on any atom is 2.00 e. The van der Waals surface area contributed by atoms with Crippen molar-refractivity contribution in [2.24, 2.45) is 0 Å². The van der Waals surface area contributed by atoms with E-state index in [2.05, 4.69) is 11.4 Å².